The lowest BCUT2D eigenvalue weighted by molar-refractivity contribution is 0.243. The van der Waals surface area contributed by atoms with Crippen LogP contribution in [0.3, 0.4) is 0 Å². The van der Waals surface area contributed by atoms with Gasteiger partial charge in [-0.3, -0.25) is 0 Å². The first-order valence-corrected chi connectivity index (χ1v) is 9.44. The van der Waals surface area contributed by atoms with Gasteiger partial charge < -0.3 is 5.32 Å². The molecule has 1 nitrogen and oxygen atoms in total. The number of para-hydroxylation sites is 1. The van der Waals surface area contributed by atoms with Crippen LogP contribution in [0.2, 0.25) is 0 Å². The predicted octanol–water partition coefficient (Wildman–Crippen LogP) is 5.20. The highest BCUT2D eigenvalue weighted by molar-refractivity contribution is 7.99. The van der Waals surface area contributed by atoms with Crippen molar-refractivity contribution in [3.63, 3.8) is 0 Å². The van der Waals surface area contributed by atoms with Gasteiger partial charge in [-0.15, -0.1) is 18.3 Å². The van der Waals surface area contributed by atoms with E-state index in [2.05, 4.69) is 36.2 Å². The monoisotopic (exact) mass is 299 g/mol. The molecule has 4 rings (SSSR count). The second kappa shape index (κ2) is 5.72. The van der Waals surface area contributed by atoms with Gasteiger partial charge in [-0.25, -0.2) is 0 Å². The molecule has 0 amide bonds. The number of anilines is 1. The van der Waals surface area contributed by atoms with Gasteiger partial charge in [0.15, 0.2) is 0 Å². The molecule has 1 aromatic rings. The third-order valence-electron chi connectivity index (χ3n) is 6.01. The summed E-state index contributed by atoms with van der Waals surface area (Å²) >= 11 is 1.89. The van der Waals surface area contributed by atoms with E-state index in [1.54, 1.807) is 0 Å². The normalized spacial score (nSPS) is 36.7. The third-order valence-corrected chi connectivity index (χ3v) is 7.08. The van der Waals surface area contributed by atoms with Gasteiger partial charge >= 0.3 is 0 Å². The van der Waals surface area contributed by atoms with Crippen molar-refractivity contribution in [1.82, 2.24) is 0 Å². The van der Waals surface area contributed by atoms with Gasteiger partial charge in [0, 0.05) is 22.4 Å². The van der Waals surface area contributed by atoms with Crippen LogP contribution in [0, 0.1) is 23.7 Å². The van der Waals surface area contributed by atoms with Crippen molar-refractivity contribution in [3.8, 4) is 0 Å². The molecule has 3 aliphatic rings. The Morgan fingerprint density at radius 2 is 2.00 bits per heavy atom. The van der Waals surface area contributed by atoms with E-state index in [4.69, 9.17) is 0 Å². The Kier molecular flexibility index (Phi) is 3.74. The van der Waals surface area contributed by atoms with Crippen LogP contribution in [0.1, 0.15) is 32.1 Å². The average Bonchev–Trinajstić information content (AvgIpc) is 3.18. The van der Waals surface area contributed by atoms with Crippen molar-refractivity contribution < 1.29 is 0 Å². The van der Waals surface area contributed by atoms with E-state index in [1.165, 1.54) is 42.7 Å². The molecule has 0 saturated heterocycles. The Morgan fingerprint density at radius 1 is 1.14 bits per heavy atom. The zero-order valence-electron chi connectivity index (χ0n) is 12.6. The van der Waals surface area contributed by atoms with Gasteiger partial charge in [0.1, 0.15) is 0 Å². The first-order valence-electron chi connectivity index (χ1n) is 8.46. The van der Waals surface area contributed by atoms with E-state index >= 15 is 0 Å². The minimum absolute atomic E-state index is 0.722. The molecule has 0 spiro atoms. The van der Waals surface area contributed by atoms with Crippen LogP contribution in [0.25, 0.3) is 0 Å². The maximum absolute atomic E-state index is 3.91. The number of benzene rings is 1. The average molecular weight is 299 g/mol. The summed E-state index contributed by atoms with van der Waals surface area (Å²) in [7, 11) is 0. The molecule has 0 radical (unpaired) electrons. The fraction of sp³-hybridized carbons (Fsp3) is 0.579. The lowest BCUT2D eigenvalue weighted by Gasteiger charge is -2.33. The molecule has 3 fully saturated rings. The number of nitrogens with one attached hydrogen (secondary N) is 1. The van der Waals surface area contributed by atoms with Gasteiger partial charge in [0.2, 0.25) is 0 Å². The van der Waals surface area contributed by atoms with Crippen molar-refractivity contribution >= 4 is 17.4 Å². The van der Waals surface area contributed by atoms with E-state index in [1.807, 2.05) is 17.8 Å². The van der Waals surface area contributed by atoms with Crippen molar-refractivity contribution in [1.29, 1.82) is 0 Å². The van der Waals surface area contributed by atoms with E-state index in [9.17, 15) is 0 Å². The number of rotatable bonds is 5. The van der Waals surface area contributed by atoms with E-state index in [0.29, 0.717) is 0 Å². The SMILES string of the molecule is C=CCSc1ccccc1NC1CC2CC1C1CCCC21. The molecule has 3 saturated carbocycles. The maximum atomic E-state index is 3.91. The second-order valence-corrected chi connectivity index (χ2v) is 8.06. The van der Waals surface area contributed by atoms with Crippen LogP contribution < -0.4 is 5.32 Å². The molecule has 3 aliphatic carbocycles. The minimum Gasteiger partial charge on any atom is -0.381 e. The van der Waals surface area contributed by atoms with Gasteiger partial charge in [0.25, 0.3) is 0 Å². The molecule has 1 aromatic carbocycles. The molecular formula is C19H25NS. The molecule has 21 heavy (non-hydrogen) atoms. The molecule has 5 atom stereocenters. The highest BCUT2D eigenvalue weighted by atomic mass is 32.2. The summed E-state index contributed by atoms with van der Waals surface area (Å²) in [6.45, 7) is 3.83. The van der Waals surface area contributed by atoms with Crippen molar-refractivity contribution in [2.24, 2.45) is 23.7 Å². The van der Waals surface area contributed by atoms with Gasteiger partial charge in [-0.1, -0.05) is 24.6 Å². The lowest BCUT2D eigenvalue weighted by atomic mass is 9.79. The van der Waals surface area contributed by atoms with Crippen molar-refractivity contribution in [2.45, 2.75) is 43.0 Å². The fourth-order valence-corrected chi connectivity index (χ4v) is 6.05. The number of fused-ring (bicyclic) bond motifs is 5. The molecule has 2 heteroatoms. The largest absolute Gasteiger partial charge is 0.381 e. The highest BCUT2D eigenvalue weighted by Crippen LogP contribution is 2.59. The maximum Gasteiger partial charge on any atom is 0.0480 e. The highest BCUT2D eigenvalue weighted by Gasteiger charge is 2.53. The summed E-state index contributed by atoms with van der Waals surface area (Å²) < 4.78 is 0. The first-order chi connectivity index (χ1) is 10.4. The lowest BCUT2D eigenvalue weighted by Crippen LogP contribution is -2.34. The number of hydrogen-bond donors (Lipinski definition) is 1. The van der Waals surface area contributed by atoms with Crippen LogP contribution >= 0.6 is 11.8 Å². The van der Waals surface area contributed by atoms with Gasteiger partial charge in [-0.05, 0) is 61.5 Å². The summed E-state index contributed by atoms with van der Waals surface area (Å²) in [5.74, 6) is 5.07. The third kappa shape index (κ3) is 2.42. The van der Waals surface area contributed by atoms with Crippen LogP contribution in [0.15, 0.2) is 41.8 Å². The minimum atomic E-state index is 0.722. The standard InChI is InChI=1S/C19H25NS/c1-2-10-21-19-9-4-3-8-17(19)20-18-12-13-11-16(18)15-7-5-6-14(13)15/h2-4,8-9,13-16,18,20H,1,5-7,10-12H2. The quantitative estimate of drug-likeness (QED) is 0.592. The fourth-order valence-electron chi connectivity index (χ4n) is 5.29. The molecule has 1 N–H and O–H groups in total. The zero-order valence-corrected chi connectivity index (χ0v) is 13.4. The smallest absolute Gasteiger partial charge is 0.0480 e. The topological polar surface area (TPSA) is 12.0 Å². The van der Waals surface area contributed by atoms with Crippen molar-refractivity contribution in [2.75, 3.05) is 11.1 Å². The molecule has 2 bridgehead atoms. The van der Waals surface area contributed by atoms with Gasteiger partial charge in [-0.2, -0.15) is 0 Å². The van der Waals surface area contributed by atoms with E-state index in [-0.39, 0.29) is 0 Å². The Morgan fingerprint density at radius 3 is 2.90 bits per heavy atom. The molecule has 112 valence electrons. The molecule has 0 heterocycles. The van der Waals surface area contributed by atoms with Crippen LogP contribution in [0.5, 0.6) is 0 Å². The van der Waals surface area contributed by atoms with Crippen LogP contribution in [0.4, 0.5) is 5.69 Å². The Bertz CT molecular complexity index is 526. The molecule has 0 aromatic heterocycles. The molecule has 0 aliphatic heterocycles. The Labute approximate surface area is 132 Å². The Hall–Kier alpha value is -0.890. The summed E-state index contributed by atoms with van der Waals surface area (Å²) in [5.41, 5.74) is 1.34. The molecular weight excluding hydrogens is 274 g/mol. The number of hydrogen-bond acceptors (Lipinski definition) is 2. The van der Waals surface area contributed by atoms with Crippen LogP contribution in [-0.4, -0.2) is 11.8 Å². The zero-order chi connectivity index (χ0) is 14.2. The summed E-state index contributed by atoms with van der Waals surface area (Å²) in [6, 6.07) is 9.52. The van der Waals surface area contributed by atoms with Gasteiger partial charge in [0.05, 0.1) is 0 Å². The van der Waals surface area contributed by atoms with E-state index in [0.717, 1.165) is 35.5 Å². The second-order valence-electron chi connectivity index (χ2n) is 7.00. The first kappa shape index (κ1) is 13.8. The summed E-state index contributed by atoms with van der Waals surface area (Å²) in [5, 5.41) is 3.91. The van der Waals surface area contributed by atoms with Crippen molar-refractivity contribution in [3.05, 3.63) is 36.9 Å². The summed E-state index contributed by atoms with van der Waals surface area (Å²) in [4.78, 5) is 1.38. The van der Waals surface area contributed by atoms with Crippen LogP contribution in [-0.2, 0) is 0 Å². The predicted molar refractivity (Wildman–Crippen MR) is 91.8 cm³/mol. The Balaban J connectivity index is 1.48. The summed E-state index contributed by atoms with van der Waals surface area (Å²) in [6.07, 6.45) is 9.39. The number of thioether (sulfide) groups is 1. The molecule has 5 unspecified atom stereocenters. The van der Waals surface area contributed by atoms with E-state index < -0.39 is 0 Å².